The minimum Gasteiger partial charge on any atom is -0.444 e. The summed E-state index contributed by atoms with van der Waals surface area (Å²) in [4.78, 5) is 24.3. The minimum atomic E-state index is -0.640. The van der Waals surface area contributed by atoms with E-state index in [0.717, 1.165) is 0 Å². The molecule has 0 spiro atoms. The Hall–Kier alpha value is -1.10. The molecule has 0 saturated carbocycles. The standard InChI is InChI=1S/C11H19NO4/c1-11(2,3)16-10(15)12-6-8(13)4-5-9(14)7-12/h8,13H,4-7H2,1-3H3/t8-/m0/s1. The fourth-order valence-electron chi connectivity index (χ4n) is 1.50. The number of aliphatic hydroxyl groups excluding tert-OH is 1. The van der Waals surface area contributed by atoms with E-state index < -0.39 is 17.8 Å². The maximum absolute atomic E-state index is 11.7. The molecule has 0 unspecified atom stereocenters. The molecule has 92 valence electrons. The Morgan fingerprint density at radius 3 is 2.69 bits per heavy atom. The van der Waals surface area contributed by atoms with Crippen LogP contribution in [-0.4, -0.2) is 46.7 Å². The number of β-amino-alcohol motifs (C(OH)–C–C–N with tert-alkyl or cyclic N) is 1. The van der Waals surface area contributed by atoms with Crippen LogP contribution in [0.5, 0.6) is 0 Å². The number of hydrogen-bond donors (Lipinski definition) is 1. The normalized spacial score (nSPS) is 22.9. The molecule has 0 aromatic carbocycles. The van der Waals surface area contributed by atoms with Crippen molar-refractivity contribution in [2.45, 2.75) is 45.3 Å². The first kappa shape index (κ1) is 13.0. The van der Waals surface area contributed by atoms with Gasteiger partial charge in [0.05, 0.1) is 19.2 Å². The molecule has 0 bridgehead atoms. The predicted octanol–water partition coefficient (Wildman–Crippen LogP) is 0.947. The number of likely N-dealkylation sites (tertiary alicyclic amines) is 1. The molecule has 1 N–H and O–H groups in total. The number of carbonyl (C=O) groups is 2. The summed E-state index contributed by atoms with van der Waals surface area (Å²) in [5.74, 6) is -0.0394. The SMILES string of the molecule is CC(C)(C)OC(=O)N1CC(=O)CC[C@H](O)C1. The quantitative estimate of drug-likeness (QED) is 0.671. The van der Waals surface area contributed by atoms with Gasteiger partial charge in [0, 0.05) is 6.42 Å². The molecule has 16 heavy (non-hydrogen) atoms. The molecule has 0 aliphatic carbocycles. The van der Waals surface area contributed by atoms with Crippen molar-refractivity contribution in [1.29, 1.82) is 0 Å². The molecular formula is C11H19NO4. The first-order chi connectivity index (χ1) is 7.28. The van der Waals surface area contributed by atoms with Crippen molar-refractivity contribution in [3.8, 4) is 0 Å². The van der Waals surface area contributed by atoms with E-state index in [-0.39, 0.29) is 18.9 Å². The minimum absolute atomic E-state index is 0.0337. The maximum atomic E-state index is 11.7. The van der Waals surface area contributed by atoms with E-state index >= 15 is 0 Å². The molecule has 0 aromatic rings. The third kappa shape index (κ3) is 4.18. The number of rotatable bonds is 0. The van der Waals surface area contributed by atoms with Crippen LogP contribution in [0, 0.1) is 0 Å². The van der Waals surface area contributed by atoms with Crippen molar-refractivity contribution >= 4 is 11.9 Å². The molecule has 0 radical (unpaired) electrons. The monoisotopic (exact) mass is 229 g/mol. The molecule has 1 fully saturated rings. The number of hydrogen-bond acceptors (Lipinski definition) is 4. The summed E-state index contributed by atoms with van der Waals surface area (Å²) >= 11 is 0. The van der Waals surface area contributed by atoms with Gasteiger partial charge in [0.1, 0.15) is 5.60 Å². The summed E-state index contributed by atoms with van der Waals surface area (Å²) in [6, 6.07) is 0. The lowest BCUT2D eigenvalue weighted by molar-refractivity contribution is -0.119. The van der Waals surface area contributed by atoms with Crippen molar-refractivity contribution in [2.75, 3.05) is 13.1 Å². The Bertz CT molecular complexity index is 282. The zero-order chi connectivity index (χ0) is 12.3. The van der Waals surface area contributed by atoms with Crippen LogP contribution in [-0.2, 0) is 9.53 Å². The van der Waals surface area contributed by atoms with Gasteiger partial charge in [-0.1, -0.05) is 0 Å². The second kappa shape index (κ2) is 4.82. The topological polar surface area (TPSA) is 66.8 Å². The number of nitrogens with zero attached hydrogens (tertiary/aromatic N) is 1. The molecule has 5 nitrogen and oxygen atoms in total. The Morgan fingerprint density at radius 2 is 2.12 bits per heavy atom. The number of Topliss-reactive ketones (excluding diaryl/α,β-unsaturated/α-hetero) is 1. The van der Waals surface area contributed by atoms with Gasteiger partial charge in [0.2, 0.25) is 0 Å². The summed E-state index contributed by atoms with van der Waals surface area (Å²) in [5, 5.41) is 9.52. The molecule has 5 heteroatoms. The highest BCUT2D eigenvalue weighted by Crippen LogP contribution is 2.13. The molecule has 1 atom stereocenters. The van der Waals surface area contributed by atoms with Gasteiger partial charge in [-0.05, 0) is 27.2 Å². The molecule has 1 aliphatic heterocycles. The van der Waals surface area contributed by atoms with Crippen molar-refractivity contribution < 1.29 is 19.4 Å². The Labute approximate surface area is 95.4 Å². The van der Waals surface area contributed by atoms with E-state index in [4.69, 9.17) is 4.74 Å². The van der Waals surface area contributed by atoms with Gasteiger partial charge in [-0.15, -0.1) is 0 Å². The zero-order valence-electron chi connectivity index (χ0n) is 10.0. The largest absolute Gasteiger partial charge is 0.444 e. The second-order valence-electron chi connectivity index (χ2n) is 5.09. The molecule has 1 saturated heterocycles. The van der Waals surface area contributed by atoms with E-state index in [1.165, 1.54) is 4.90 Å². The molecule has 1 rings (SSSR count). The van der Waals surface area contributed by atoms with E-state index in [2.05, 4.69) is 0 Å². The van der Waals surface area contributed by atoms with E-state index in [1.54, 1.807) is 20.8 Å². The lowest BCUT2D eigenvalue weighted by Gasteiger charge is -2.26. The number of amides is 1. The third-order valence-corrected chi connectivity index (χ3v) is 2.21. The lowest BCUT2D eigenvalue weighted by atomic mass is 10.2. The highest BCUT2D eigenvalue weighted by Gasteiger charge is 2.28. The van der Waals surface area contributed by atoms with Gasteiger partial charge >= 0.3 is 6.09 Å². The fourth-order valence-corrected chi connectivity index (χ4v) is 1.50. The van der Waals surface area contributed by atoms with Gasteiger partial charge in [0.15, 0.2) is 5.78 Å². The van der Waals surface area contributed by atoms with Crippen LogP contribution in [0.1, 0.15) is 33.6 Å². The highest BCUT2D eigenvalue weighted by atomic mass is 16.6. The molecule has 1 heterocycles. The van der Waals surface area contributed by atoms with Gasteiger partial charge in [-0.2, -0.15) is 0 Å². The fraction of sp³-hybridized carbons (Fsp3) is 0.818. The van der Waals surface area contributed by atoms with Gasteiger partial charge in [-0.25, -0.2) is 4.79 Å². The van der Waals surface area contributed by atoms with Crippen molar-refractivity contribution in [2.24, 2.45) is 0 Å². The van der Waals surface area contributed by atoms with Crippen LogP contribution in [0.25, 0.3) is 0 Å². The van der Waals surface area contributed by atoms with Crippen molar-refractivity contribution in [3.63, 3.8) is 0 Å². The Balaban J connectivity index is 2.63. The molecule has 1 aliphatic rings. The van der Waals surface area contributed by atoms with Crippen molar-refractivity contribution in [3.05, 3.63) is 0 Å². The zero-order valence-corrected chi connectivity index (χ0v) is 10.0. The Morgan fingerprint density at radius 1 is 1.50 bits per heavy atom. The van der Waals surface area contributed by atoms with Crippen LogP contribution in [0.4, 0.5) is 4.79 Å². The van der Waals surface area contributed by atoms with E-state index in [9.17, 15) is 14.7 Å². The van der Waals surface area contributed by atoms with Gasteiger partial charge < -0.3 is 9.84 Å². The number of ketones is 1. The van der Waals surface area contributed by atoms with Crippen LogP contribution in [0.15, 0.2) is 0 Å². The van der Waals surface area contributed by atoms with Crippen LogP contribution in [0.3, 0.4) is 0 Å². The van der Waals surface area contributed by atoms with Crippen LogP contribution < -0.4 is 0 Å². The first-order valence-electron chi connectivity index (χ1n) is 5.45. The van der Waals surface area contributed by atoms with E-state index in [0.29, 0.717) is 12.8 Å². The Kier molecular flexibility index (Phi) is 3.91. The average molecular weight is 229 g/mol. The smallest absolute Gasteiger partial charge is 0.410 e. The molecule has 1 amide bonds. The second-order valence-corrected chi connectivity index (χ2v) is 5.09. The van der Waals surface area contributed by atoms with Crippen LogP contribution in [0.2, 0.25) is 0 Å². The van der Waals surface area contributed by atoms with Crippen LogP contribution >= 0.6 is 0 Å². The third-order valence-electron chi connectivity index (χ3n) is 2.21. The predicted molar refractivity (Wildman–Crippen MR) is 58.1 cm³/mol. The van der Waals surface area contributed by atoms with Gasteiger partial charge in [-0.3, -0.25) is 9.69 Å². The summed E-state index contributed by atoms with van der Waals surface area (Å²) in [6.07, 6.45) is -0.445. The maximum Gasteiger partial charge on any atom is 0.410 e. The molecular weight excluding hydrogens is 210 g/mol. The number of ether oxygens (including phenoxy) is 1. The number of aliphatic hydroxyl groups is 1. The van der Waals surface area contributed by atoms with Gasteiger partial charge in [0.25, 0.3) is 0 Å². The average Bonchev–Trinajstić information content (AvgIpc) is 2.25. The lowest BCUT2D eigenvalue weighted by Crippen LogP contribution is -2.41. The first-order valence-corrected chi connectivity index (χ1v) is 5.45. The van der Waals surface area contributed by atoms with Crippen molar-refractivity contribution in [1.82, 2.24) is 4.90 Å². The summed E-state index contributed by atoms with van der Waals surface area (Å²) in [5.41, 5.74) is -0.586. The van der Waals surface area contributed by atoms with E-state index in [1.807, 2.05) is 0 Å². The number of carbonyl (C=O) groups excluding carboxylic acids is 2. The summed E-state index contributed by atoms with van der Waals surface area (Å²) < 4.78 is 5.15. The molecule has 0 aromatic heterocycles. The highest BCUT2D eigenvalue weighted by molar-refractivity contribution is 5.84. The summed E-state index contributed by atoms with van der Waals surface area (Å²) in [7, 11) is 0. The summed E-state index contributed by atoms with van der Waals surface area (Å²) in [6.45, 7) is 5.50.